The lowest BCUT2D eigenvalue weighted by molar-refractivity contribution is -0.120. The molecule has 0 spiro atoms. The average molecular weight is 477 g/mol. The molecular weight excluding hydrogens is 452 g/mol. The number of rotatable bonds is 7. The average Bonchev–Trinajstić information content (AvgIpc) is 2.86. The number of carbonyl (C=O) groups is 3. The molecule has 2 aromatic carbocycles. The predicted octanol–water partition coefficient (Wildman–Crippen LogP) is -0.0929. The first kappa shape index (κ1) is 24.2. The second kappa shape index (κ2) is 10.9. The fourth-order valence-electron chi connectivity index (χ4n) is 3.05. The summed E-state index contributed by atoms with van der Waals surface area (Å²) < 4.78 is 36.8. The van der Waals surface area contributed by atoms with Crippen molar-refractivity contribution >= 4 is 27.7 Å². The molecule has 0 saturated carbocycles. The van der Waals surface area contributed by atoms with Crippen LogP contribution in [0.4, 0.5) is 0 Å². The first-order valence-electron chi connectivity index (χ1n) is 10.0. The molecule has 1 aliphatic heterocycles. The molecular formula is C21H24N4O7S. The summed E-state index contributed by atoms with van der Waals surface area (Å²) >= 11 is 0. The SMILES string of the molecule is COc1ccccc1C(=O)NNC(=O)CNC(=O)c1ccc(S(=O)(=O)N2CCOCC2)cc1. The molecule has 3 N–H and O–H groups in total. The number of morpholine rings is 1. The smallest absolute Gasteiger partial charge is 0.273 e. The molecule has 1 saturated heterocycles. The Hall–Kier alpha value is -3.48. The van der Waals surface area contributed by atoms with Crippen LogP contribution in [-0.2, 0) is 19.6 Å². The van der Waals surface area contributed by atoms with Gasteiger partial charge in [0.1, 0.15) is 5.75 Å². The van der Waals surface area contributed by atoms with E-state index in [1.165, 1.54) is 41.7 Å². The number of hydrogen-bond donors (Lipinski definition) is 3. The minimum Gasteiger partial charge on any atom is -0.496 e. The maximum Gasteiger partial charge on any atom is 0.273 e. The van der Waals surface area contributed by atoms with Crippen LogP contribution in [-0.4, -0.2) is 70.4 Å². The van der Waals surface area contributed by atoms with Crippen molar-refractivity contribution in [2.24, 2.45) is 0 Å². The number of sulfonamides is 1. The van der Waals surface area contributed by atoms with Gasteiger partial charge in [0.2, 0.25) is 10.0 Å². The summed E-state index contributed by atoms with van der Waals surface area (Å²) in [6, 6.07) is 11.9. The molecule has 3 amide bonds. The molecule has 0 radical (unpaired) electrons. The number of amides is 3. The lowest BCUT2D eigenvalue weighted by Gasteiger charge is -2.26. The summed E-state index contributed by atoms with van der Waals surface area (Å²) in [7, 11) is -2.24. The van der Waals surface area contributed by atoms with Crippen LogP contribution in [0.15, 0.2) is 53.4 Å². The van der Waals surface area contributed by atoms with E-state index in [1.807, 2.05) is 0 Å². The number of nitrogens with one attached hydrogen (secondary N) is 3. The number of carbonyl (C=O) groups excluding carboxylic acids is 3. The van der Waals surface area contributed by atoms with Gasteiger partial charge in [-0.15, -0.1) is 0 Å². The van der Waals surface area contributed by atoms with Crippen molar-refractivity contribution in [1.29, 1.82) is 0 Å². The normalized spacial score (nSPS) is 14.2. The Balaban J connectivity index is 1.50. The Labute approximate surface area is 191 Å². The van der Waals surface area contributed by atoms with Crippen molar-refractivity contribution < 1.29 is 32.3 Å². The second-order valence-electron chi connectivity index (χ2n) is 6.93. The van der Waals surface area contributed by atoms with Crippen molar-refractivity contribution in [2.45, 2.75) is 4.90 Å². The Morgan fingerprint density at radius 2 is 1.64 bits per heavy atom. The molecule has 33 heavy (non-hydrogen) atoms. The minimum absolute atomic E-state index is 0.0674. The number of hydrazine groups is 1. The van der Waals surface area contributed by atoms with Gasteiger partial charge in [-0.1, -0.05) is 12.1 Å². The molecule has 11 nitrogen and oxygen atoms in total. The minimum atomic E-state index is -3.67. The van der Waals surface area contributed by atoms with E-state index >= 15 is 0 Å². The fourth-order valence-corrected chi connectivity index (χ4v) is 4.46. The van der Waals surface area contributed by atoms with Crippen LogP contribution in [0.25, 0.3) is 0 Å². The van der Waals surface area contributed by atoms with Crippen molar-refractivity contribution in [1.82, 2.24) is 20.5 Å². The summed E-state index contributed by atoms with van der Waals surface area (Å²) in [5.41, 5.74) is 4.86. The summed E-state index contributed by atoms with van der Waals surface area (Å²) in [6.07, 6.45) is 0. The number of para-hydroxylation sites is 1. The third kappa shape index (κ3) is 6.06. The zero-order valence-corrected chi connectivity index (χ0v) is 18.7. The Morgan fingerprint density at radius 3 is 2.30 bits per heavy atom. The Bertz CT molecular complexity index is 1110. The summed E-state index contributed by atoms with van der Waals surface area (Å²) in [5.74, 6) is -1.46. The van der Waals surface area contributed by atoms with Crippen LogP contribution in [0.5, 0.6) is 5.75 Å². The van der Waals surface area contributed by atoms with Gasteiger partial charge in [0.05, 0.1) is 37.3 Å². The summed E-state index contributed by atoms with van der Waals surface area (Å²) in [6.45, 7) is 0.807. The van der Waals surface area contributed by atoms with Crippen LogP contribution >= 0.6 is 0 Å². The van der Waals surface area contributed by atoms with E-state index in [-0.39, 0.29) is 29.1 Å². The molecule has 176 valence electrons. The van der Waals surface area contributed by atoms with Crippen LogP contribution in [0, 0.1) is 0 Å². The third-order valence-corrected chi connectivity index (χ3v) is 6.71. The lowest BCUT2D eigenvalue weighted by Crippen LogP contribution is -2.46. The molecule has 1 aliphatic rings. The van der Waals surface area contributed by atoms with Gasteiger partial charge in [-0.05, 0) is 36.4 Å². The van der Waals surface area contributed by atoms with E-state index in [2.05, 4.69) is 16.2 Å². The number of hydrogen-bond acceptors (Lipinski definition) is 7. The second-order valence-corrected chi connectivity index (χ2v) is 8.86. The third-order valence-electron chi connectivity index (χ3n) is 4.80. The fraction of sp³-hybridized carbons (Fsp3) is 0.286. The van der Waals surface area contributed by atoms with Gasteiger partial charge >= 0.3 is 0 Å². The molecule has 2 aromatic rings. The van der Waals surface area contributed by atoms with Crippen molar-refractivity contribution in [2.75, 3.05) is 40.0 Å². The molecule has 0 atom stereocenters. The van der Waals surface area contributed by atoms with E-state index < -0.39 is 34.3 Å². The van der Waals surface area contributed by atoms with Gasteiger partial charge in [-0.2, -0.15) is 4.31 Å². The zero-order chi connectivity index (χ0) is 23.8. The zero-order valence-electron chi connectivity index (χ0n) is 17.9. The maximum atomic E-state index is 12.6. The molecule has 1 fully saturated rings. The van der Waals surface area contributed by atoms with E-state index in [0.29, 0.717) is 19.0 Å². The molecule has 3 rings (SSSR count). The molecule has 0 unspecified atom stereocenters. The Morgan fingerprint density at radius 1 is 0.970 bits per heavy atom. The number of benzene rings is 2. The lowest BCUT2D eigenvalue weighted by atomic mass is 10.2. The van der Waals surface area contributed by atoms with E-state index in [1.54, 1.807) is 18.2 Å². The van der Waals surface area contributed by atoms with Gasteiger partial charge < -0.3 is 14.8 Å². The number of methoxy groups -OCH3 is 1. The van der Waals surface area contributed by atoms with Crippen LogP contribution in [0.3, 0.4) is 0 Å². The van der Waals surface area contributed by atoms with Crippen LogP contribution < -0.4 is 20.9 Å². The van der Waals surface area contributed by atoms with Crippen molar-refractivity contribution in [3.63, 3.8) is 0 Å². The van der Waals surface area contributed by atoms with Gasteiger partial charge in [-0.3, -0.25) is 25.2 Å². The topological polar surface area (TPSA) is 143 Å². The largest absolute Gasteiger partial charge is 0.496 e. The highest BCUT2D eigenvalue weighted by Crippen LogP contribution is 2.18. The summed E-state index contributed by atoms with van der Waals surface area (Å²) in [5, 5.41) is 2.40. The number of ether oxygens (including phenoxy) is 2. The quantitative estimate of drug-likeness (QED) is 0.474. The van der Waals surface area contributed by atoms with Gasteiger partial charge in [0.25, 0.3) is 17.7 Å². The molecule has 0 aliphatic carbocycles. The highest BCUT2D eigenvalue weighted by Gasteiger charge is 2.26. The van der Waals surface area contributed by atoms with E-state index in [0.717, 1.165) is 0 Å². The van der Waals surface area contributed by atoms with Gasteiger partial charge in [0.15, 0.2) is 0 Å². The first-order chi connectivity index (χ1) is 15.8. The van der Waals surface area contributed by atoms with Gasteiger partial charge in [0, 0.05) is 18.7 Å². The molecule has 12 heteroatoms. The van der Waals surface area contributed by atoms with Crippen molar-refractivity contribution in [3.8, 4) is 5.75 Å². The molecule has 0 aromatic heterocycles. The predicted molar refractivity (Wildman–Crippen MR) is 117 cm³/mol. The van der Waals surface area contributed by atoms with E-state index in [9.17, 15) is 22.8 Å². The standard InChI is InChI=1S/C21H24N4O7S/c1-31-18-5-3-2-4-17(18)21(28)24-23-19(26)14-22-20(27)15-6-8-16(9-7-15)33(29,30)25-10-12-32-13-11-25/h2-9H,10-14H2,1H3,(H,22,27)(H,23,26)(H,24,28). The van der Waals surface area contributed by atoms with Crippen LogP contribution in [0.1, 0.15) is 20.7 Å². The molecule has 0 bridgehead atoms. The highest BCUT2D eigenvalue weighted by molar-refractivity contribution is 7.89. The highest BCUT2D eigenvalue weighted by atomic mass is 32.2. The Kier molecular flexibility index (Phi) is 7.98. The number of nitrogens with zero attached hydrogens (tertiary/aromatic N) is 1. The first-order valence-corrected chi connectivity index (χ1v) is 11.5. The summed E-state index contributed by atoms with van der Waals surface area (Å²) in [4.78, 5) is 36.5. The molecule has 1 heterocycles. The maximum absolute atomic E-state index is 12.6. The van der Waals surface area contributed by atoms with E-state index in [4.69, 9.17) is 9.47 Å². The van der Waals surface area contributed by atoms with Crippen LogP contribution in [0.2, 0.25) is 0 Å². The monoisotopic (exact) mass is 476 g/mol. The van der Waals surface area contributed by atoms with Crippen molar-refractivity contribution in [3.05, 3.63) is 59.7 Å². The van der Waals surface area contributed by atoms with Gasteiger partial charge in [-0.25, -0.2) is 8.42 Å².